The van der Waals surface area contributed by atoms with Crippen molar-refractivity contribution in [1.29, 1.82) is 0 Å². The minimum absolute atomic E-state index is 0.0954. The maximum absolute atomic E-state index is 12.0. The van der Waals surface area contributed by atoms with E-state index in [1.54, 1.807) is 6.07 Å². The van der Waals surface area contributed by atoms with E-state index in [1.807, 2.05) is 13.8 Å². The average Bonchev–Trinajstić information content (AvgIpc) is 3.09. The summed E-state index contributed by atoms with van der Waals surface area (Å²) in [6.07, 6.45) is 3.14. The Balaban J connectivity index is 2.02. The highest BCUT2D eigenvalue weighted by Gasteiger charge is 2.32. The van der Waals surface area contributed by atoms with E-state index in [1.165, 1.54) is 12.8 Å². The third-order valence-electron chi connectivity index (χ3n) is 3.33. The van der Waals surface area contributed by atoms with Crippen LogP contribution < -0.4 is 11.1 Å². The molecule has 0 bridgehead atoms. The number of nitrogens with two attached hydrogens (primary N) is 1. The van der Waals surface area contributed by atoms with Gasteiger partial charge in [0.25, 0.3) is 5.91 Å². The first-order valence-electron chi connectivity index (χ1n) is 6.26. The van der Waals surface area contributed by atoms with Crippen molar-refractivity contribution in [2.24, 2.45) is 11.7 Å². The lowest BCUT2D eigenvalue weighted by atomic mass is 10.2. The van der Waals surface area contributed by atoms with E-state index >= 15 is 0 Å². The van der Waals surface area contributed by atoms with E-state index in [-0.39, 0.29) is 11.9 Å². The van der Waals surface area contributed by atoms with Gasteiger partial charge in [0.1, 0.15) is 5.76 Å². The molecule has 1 aliphatic carbocycles. The molecule has 1 atom stereocenters. The van der Waals surface area contributed by atoms with Gasteiger partial charge in [-0.15, -0.1) is 0 Å². The van der Waals surface area contributed by atoms with Gasteiger partial charge in [-0.1, -0.05) is 6.92 Å². The van der Waals surface area contributed by atoms with Gasteiger partial charge in [0.2, 0.25) is 0 Å². The molecule has 94 valence electrons. The van der Waals surface area contributed by atoms with Crippen LogP contribution in [0.4, 0.5) is 0 Å². The van der Waals surface area contributed by atoms with Crippen molar-refractivity contribution in [2.45, 2.75) is 39.2 Å². The molecule has 1 unspecified atom stereocenters. The Morgan fingerprint density at radius 3 is 2.82 bits per heavy atom. The Labute approximate surface area is 102 Å². The van der Waals surface area contributed by atoms with Gasteiger partial charge in [0, 0.05) is 19.0 Å². The first-order chi connectivity index (χ1) is 8.15. The normalized spacial score (nSPS) is 16.9. The Morgan fingerprint density at radius 1 is 1.65 bits per heavy atom. The van der Waals surface area contributed by atoms with Gasteiger partial charge in [-0.3, -0.25) is 4.79 Å². The second-order valence-electron chi connectivity index (χ2n) is 4.72. The number of amides is 1. The molecule has 0 aromatic carbocycles. The van der Waals surface area contributed by atoms with E-state index in [9.17, 15) is 4.79 Å². The van der Waals surface area contributed by atoms with Crippen LogP contribution in [0, 0.1) is 12.8 Å². The Bertz CT molecular complexity index is 408. The predicted molar refractivity (Wildman–Crippen MR) is 65.9 cm³/mol. The van der Waals surface area contributed by atoms with Crippen LogP contribution in [0.25, 0.3) is 0 Å². The third-order valence-corrected chi connectivity index (χ3v) is 3.33. The second kappa shape index (κ2) is 4.92. The summed E-state index contributed by atoms with van der Waals surface area (Å²) in [5.41, 5.74) is 6.69. The number of furan rings is 1. The molecule has 17 heavy (non-hydrogen) atoms. The Kier molecular flexibility index (Phi) is 3.52. The highest BCUT2D eigenvalue weighted by molar-refractivity contribution is 5.92. The van der Waals surface area contributed by atoms with Gasteiger partial charge in [-0.2, -0.15) is 0 Å². The zero-order chi connectivity index (χ0) is 12.4. The summed E-state index contributed by atoms with van der Waals surface area (Å²) < 4.78 is 5.52. The molecule has 3 N–H and O–H groups in total. The van der Waals surface area contributed by atoms with Gasteiger partial charge < -0.3 is 15.5 Å². The fourth-order valence-corrected chi connectivity index (χ4v) is 2.09. The Morgan fingerprint density at radius 2 is 2.35 bits per heavy atom. The van der Waals surface area contributed by atoms with Crippen LogP contribution in [0.3, 0.4) is 0 Å². The van der Waals surface area contributed by atoms with Gasteiger partial charge in [0.15, 0.2) is 5.76 Å². The first kappa shape index (κ1) is 12.2. The lowest BCUT2D eigenvalue weighted by molar-refractivity contribution is 0.0903. The summed E-state index contributed by atoms with van der Waals surface area (Å²) in [4.78, 5) is 12.0. The maximum atomic E-state index is 12.0. The number of carbonyl (C=O) groups is 1. The molecule has 0 aliphatic heterocycles. The summed E-state index contributed by atoms with van der Waals surface area (Å²) in [7, 11) is 0. The van der Waals surface area contributed by atoms with E-state index < -0.39 is 0 Å². The van der Waals surface area contributed by atoms with E-state index in [0.29, 0.717) is 18.2 Å². The molecular weight excluding hydrogens is 216 g/mol. The molecule has 4 heteroatoms. The van der Waals surface area contributed by atoms with Crippen molar-refractivity contribution in [3.8, 4) is 0 Å². The zero-order valence-electron chi connectivity index (χ0n) is 10.5. The molecule has 1 aliphatic rings. The zero-order valence-corrected chi connectivity index (χ0v) is 10.5. The minimum atomic E-state index is -0.143. The van der Waals surface area contributed by atoms with Crippen molar-refractivity contribution < 1.29 is 9.21 Å². The monoisotopic (exact) mass is 236 g/mol. The van der Waals surface area contributed by atoms with Crippen LogP contribution in [0.5, 0.6) is 0 Å². The summed E-state index contributed by atoms with van der Waals surface area (Å²) in [5, 5.41) is 2.95. The van der Waals surface area contributed by atoms with Crippen molar-refractivity contribution in [3.63, 3.8) is 0 Å². The van der Waals surface area contributed by atoms with Crippen LogP contribution in [-0.2, 0) is 6.42 Å². The maximum Gasteiger partial charge on any atom is 0.287 e. The van der Waals surface area contributed by atoms with Gasteiger partial charge in [0.05, 0.1) is 0 Å². The van der Waals surface area contributed by atoms with E-state index in [4.69, 9.17) is 10.2 Å². The van der Waals surface area contributed by atoms with Crippen LogP contribution in [-0.4, -0.2) is 18.5 Å². The smallest absolute Gasteiger partial charge is 0.287 e. The van der Waals surface area contributed by atoms with Crippen molar-refractivity contribution in [2.75, 3.05) is 6.54 Å². The number of aryl methyl sites for hydroxylation is 2. The molecular formula is C13H20N2O2. The molecule has 0 saturated heterocycles. The third kappa shape index (κ3) is 2.69. The second-order valence-corrected chi connectivity index (χ2v) is 4.72. The molecule has 1 fully saturated rings. The highest BCUT2D eigenvalue weighted by atomic mass is 16.4. The van der Waals surface area contributed by atoms with Gasteiger partial charge in [-0.25, -0.2) is 0 Å². The van der Waals surface area contributed by atoms with E-state index in [0.717, 1.165) is 17.7 Å². The molecule has 1 saturated carbocycles. The first-order valence-corrected chi connectivity index (χ1v) is 6.26. The molecule has 1 amide bonds. The number of hydrogen-bond acceptors (Lipinski definition) is 3. The summed E-state index contributed by atoms with van der Waals surface area (Å²) in [6.45, 7) is 4.47. The largest absolute Gasteiger partial charge is 0.456 e. The SMILES string of the molecule is CCc1oc(C(=O)NC(CN)C2CC2)cc1C. The number of rotatable bonds is 5. The lowest BCUT2D eigenvalue weighted by Gasteiger charge is -2.14. The highest BCUT2D eigenvalue weighted by Crippen LogP contribution is 2.32. The number of hydrogen-bond donors (Lipinski definition) is 2. The molecule has 1 heterocycles. The van der Waals surface area contributed by atoms with Crippen LogP contribution in [0.15, 0.2) is 10.5 Å². The van der Waals surface area contributed by atoms with Crippen LogP contribution in [0.1, 0.15) is 41.6 Å². The van der Waals surface area contributed by atoms with Gasteiger partial charge >= 0.3 is 0 Å². The molecule has 1 aromatic heterocycles. The van der Waals surface area contributed by atoms with Crippen molar-refractivity contribution in [1.82, 2.24) is 5.32 Å². The predicted octanol–water partition coefficient (Wildman–Crippen LogP) is 1.62. The summed E-state index contributed by atoms with van der Waals surface area (Å²) >= 11 is 0. The number of carbonyl (C=O) groups excluding carboxylic acids is 1. The van der Waals surface area contributed by atoms with Crippen molar-refractivity contribution in [3.05, 3.63) is 23.2 Å². The molecule has 0 spiro atoms. The topological polar surface area (TPSA) is 68.3 Å². The quantitative estimate of drug-likeness (QED) is 0.816. The van der Waals surface area contributed by atoms with Gasteiger partial charge in [-0.05, 0) is 37.3 Å². The fourth-order valence-electron chi connectivity index (χ4n) is 2.09. The van der Waals surface area contributed by atoms with Crippen LogP contribution >= 0.6 is 0 Å². The van der Waals surface area contributed by atoms with Crippen molar-refractivity contribution >= 4 is 5.91 Å². The van der Waals surface area contributed by atoms with Crippen LogP contribution in [0.2, 0.25) is 0 Å². The molecule has 0 radical (unpaired) electrons. The molecule has 1 aromatic rings. The minimum Gasteiger partial charge on any atom is -0.456 e. The number of nitrogens with one attached hydrogen (secondary N) is 1. The lowest BCUT2D eigenvalue weighted by Crippen LogP contribution is -2.41. The Hall–Kier alpha value is -1.29. The average molecular weight is 236 g/mol. The van der Waals surface area contributed by atoms with E-state index in [2.05, 4.69) is 5.32 Å². The standard InChI is InChI=1S/C13H20N2O2/c1-3-11-8(2)6-12(17-11)13(16)15-10(7-14)9-4-5-9/h6,9-10H,3-5,7,14H2,1-2H3,(H,15,16). The molecule has 4 nitrogen and oxygen atoms in total. The molecule has 2 rings (SSSR count). The summed E-state index contributed by atoms with van der Waals surface area (Å²) in [5.74, 6) is 1.70. The fraction of sp³-hybridized carbons (Fsp3) is 0.615. The summed E-state index contributed by atoms with van der Waals surface area (Å²) in [6, 6.07) is 1.90.